The first kappa shape index (κ1) is 15.3. The Morgan fingerprint density at radius 2 is 1.90 bits per heavy atom. The highest BCUT2D eigenvalue weighted by molar-refractivity contribution is 7.98. The highest BCUT2D eigenvalue weighted by atomic mass is 35.5. The summed E-state index contributed by atoms with van der Waals surface area (Å²) in [5.74, 6) is -0.486. The summed E-state index contributed by atoms with van der Waals surface area (Å²) in [6, 6.07) is 11.4. The quantitative estimate of drug-likeness (QED) is 0.519. The van der Waals surface area contributed by atoms with Gasteiger partial charge in [-0.1, -0.05) is 17.7 Å². The second-order valence-electron chi connectivity index (χ2n) is 4.08. The lowest BCUT2D eigenvalue weighted by molar-refractivity contribution is -0.384. The molecular formula is C14H11ClN2O3S. The number of anilines is 1. The van der Waals surface area contributed by atoms with Gasteiger partial charge in [-0.15, -0.1) is 11.8 Å². The molecule has 0 aromatic heterocycles. The molecule has 0 unspecified atom stereocenters. The summed E-state index contributed by atoms with van der Waals surface area (Å²) in [4.78, 5) is 23.4. The fraction of sp³-hybridized carbons (Fsp3) is 0.0714. The second kappa shape index (κ2) is 6.60. The van der Waals surface area contributed by atoms with Gasteiger partial charge in [0.15, 0.2) is 0 Å². The topological polar surface area (TPSA) is 72.2 Å². The van der Waals surface area contributed by atoms with E-state index in [0.29, 0.717) is 5.69 Å². The highest BCUT2D eigenvalue weighted by Gasteiger charge is 2.19. The summed E-state index contributed by atoms with van der Waals surface area (Å²) >= 11 is 7.50. The largest absolute Gasteiger partial charge is 0.322 e. The number of rotatable bonds is 4. The van der Waals surface area contributed by atoms with Crippen molar-refractivity contribution >= 4 is 40.6 Å². The van der Waals surface area contributed by atoms with Crippen molar-refractivity contribution in [3.63, 3.8) is 0 Å². The Morgan fingerprint density at radius 3 is 2.48 bits per heavy atom. The Labute approximate surface area is 130 Å². The first-order valence-corrected chi connectivity index (χ1v) is 7.51. The normalized spacial score (nSPS) is 10.2. The van der Waals surface area contributed by atoms with Gasteiger partial charge >= 0.3 is 0 Å². The van der Waals surface area contributed by atoms with Crippen LogP contribution in [0.2, 0.25) is 5.02 Å². The smallest absolute Gasteiger partial charge is 0.288 e. The van der Waals surface area contributed by atoms with Crippen molar-refractivity contribution in [1.82, 2.24) is 0 Å². The van der Waals surface area contributed by atoms with Gasteiger partial charge in [0.1, 0.15) is 5.02 Å². The van der Waals surface area contributed by atoms with Gasteiger partial charge in [-0.2, -0.15) is 0 Å². The van der Waals surface area contributed by atoms with E-state index in [1.165, 1.54) is 18.2 Å². The number of hydrogen-bond donors (Lipinski definition) is 1. The average Bonchev–Trinajstić information content (AvgIpc) is 2.47. The zero-order valence-corrected chi connectivity index (χ0v) is 12.6. The average molecular weight is 323 g/mol. The second-order valence-corrected chi connectivity index (χ2v) is 5.34. The summed E-state index contributed by atoms with van der Waals surface area (Å²) in [5.41, 5.74) is 0.377. The van der Waals surface area contributed by atoms with E-state index < -0.39 is 10.8 Å². The lowest BCUT2D eigenvalue weighted by Crippen LogP contribution is -2.12. The SMILES string of the molecule is CSc1ccc(NC(=O)c2cccc([N+](=O)[O-])c2Cl)cc1. The van der Waals surface area contributed by atoms with Crippen LogP contribution in [0.4, 0.5) is 11.4 Å². The van der Waals surface area contributed by atoms with Crippen molar-refractivity contribution < 1.29 is 9.72 Å². The number of halogens is 1. The minimum Gasteiger partial charge on any atom is -0.322 e. The first-order chi connectivity index (χ1) is 10.0. The zero-order chi connectivity index (χ0) is 15.4. The zero-order valence-electron chi connectivity index (χ0n) is 11.0. The highest BCUT2D eigenvalue weighted by Crippen LogP contribution is 2.28. The van der Waals surface area contributed by atoms with Gasteiger partial charge in [0.05, 0.1) is 10.5 Å². The number of amides is 1. The molecule has 2 aromatic rings. The van der Waals surface area contributed by atoms with Crippen LogP contribution in [0.25, 0.3) is 0 Å². The molecule has 21 heavy (non-hydrogen) atoms. The molecule has 0 aliphatic heterocycles. The number of carbonyl (C=O) groups is 1. The van der Waals surface area contributed by atoms with Gasteiger partial charge in [0.25, 0.3) is 11.6 Å². The summed E-state index contributed by atoms with van der Waals surface area (Å²) in [5, 5.41) is 13.3. The third-order valence-electron chi connectivity index (χ3n) is 2.77. The monoisotopic (exact) mass is 322 g/mol. The number of thioether (sulfide) groups is 1. The van der Waals surface area contributed by atoms with Crippen LogP contribution < -0.4 is 5.32 Å². The van der Waals surface area contributed by atoms with Crippen LogP contribution in [0.15, 0.2) is 47.4 Å². The molecule has 5 nitrogen and oxygen atoms in total. The van der Waals surface area contributed by atoms with E-state index in [9.17, 15) is 14.9 Å². The first-order valence-electron chi connectivity index (χ1n) is 5.91. The molecular weight excluding hydrogens is 312 g/mol. The van der Waals surface area contributed by atoms with Gasteiger partial charge in [-0.25, -0.2) is 0 Å². The molecule has 0 fully saturated rings. The number of hydrogen-bond acceptors (Lipinski definition) is 4. The summed E-state index contributed by atoms with van der Waals surface area (Å²) in [6.07, 6.45) is 1.95. The molecule has 2 aromatic carbocycles. The number of nitro benzene ring substituents is 1. The van der Waals surface area contributed by atoms with E-state index in [-0.39, 0.29) is 16.3 Å². The summed E-state index contributed by atoms with van der Waals surface area (Å²) < 4.78 is 0. The van der Waals surface area contributed by atoms with Gasteiger partial charge in [-0.05, 0) is 36.6 Å². The Bertz CT molecular complexity index is 689. The number of carbonyl (C=O) groups excluding carboxylic acids is 1. The molecule has 0 aliphatic rings. The van der Waals surface area contributed by atoms with Crippen molar-refractivity contribution in [2.75, 3.05) is 11.6 Å². The number of nitro groups is 1. The predicted molar refractivity (Wildman–Crippen MR) is 84.3 cm³/mol. The lowest BCUT2D eigenvalue weighted by Gasteiger charge is -2.07. The van der Waals surface area contributed by atoms with Crippen LogP contribution in [0.5, 0.6) is 0 Å². The Morgan fingerprint density at radius 1 is 1.24 bits per heavy atom. The van der Waals surface area contributed by atoms with Crippen LogP contribution in [0, 0.1) is 10.1 Å². The van der Waals surface area contributed by atoms with Crippen molar-refractivity contribution in [1.29, 1.82) is 0 Å². The van der Waals surface area contributed by atoms with Crippen molar-refractivity contribution in [2.45, 2.75) is 4.90 Å². The number of nitrogens with zero attached hydrogens (tertiary/aromatic N) is 1. The van der Waals surface area contributed by atoms with Crippen molar-refractivity contribution in [3.05, 3.63) is 63.2 Å². The maximum absolute atomic E-state index is 12.1. The Hall–Kier alpha value is -2.05. The van der Waals surface area contributed by atoms with Gasteiger partial charge in [0.2, 0.25) is 0 Å². The van der Waals surface area contributed by atoms with Crippen LogP contribution in [-0.2, 0) is 0 Å². The third kappa shape index (κ3) is 3.53. The molecule has 0 radical (unpaired) electrons. The predicted octanol–water partition coefficient (Wildman–Crippen LogP) is 4.22. The van der Waals surface area contributed by atoms with Gasteiger partial charge < -0.3 is 5.32 Å². The van der Waals surface area contributed by atoms with E-state index in [4.69, 9.17) is 11.6 Å². The van der Waals surface area contributed by atoms with E-state index in [1.54, 1.807) is 23.9 Å². The number of nitrogens with one attached hydrogen (secondary N) is 1. The molecule has 1 amide bonds. The Kier molecular flexibility index (Phi) is 4.82. The Balaban J connectivity index is 2.24. The molecule has 108 valence electrons. The molecule has 2 rings (SSSR count). The lowest BCUT2D eigenvalue weighted by atomic mass is 10.2. The van der Waals surface area contributed by atoms with E-state index in [2.05, 4.69) is 5.32 Å². The molecule has 0 aliphatic carbocycles. The standard InChI is InChI=1S/C14H11ClN2O3S/c1-21-10-7-5-9(6-8-10)16-14(18)11-3-2-4-12(13(11)15)17(19)20/h2-8H,1H3,(H,16,18). The van der Waals surface area contributed by atoms with Crippen LogP contribution in [0.1, 0.15) is 10.4 Å². The van der Waals surface area contributed by atoms with E-state index >= 15 is 0 Å². The molecule has 0 saturated carbocycles. The summed E-state index contributed by atoms with van der Waals surface area (Å²) in [7, 11) is 0. The van der Waals surface area contributed by atoms with E-state index in [0.717, 1.165) is 4.90 Å². The maximum Gasteiger partial charge on any atom is 0.288 e. The van der Waals surface area contributed by atoms with Crippen LogP contribution in [0.3, 0.4) is 0 Å². The van der Waals surface area contributed by atoms with Crippen molar-refractivity contribution in [3.8, 4) is 0 Å². The van der Waals surface area contributed by atoms with Crippen LogP contribution in [-0.4, -0.2) is 17.1 Å². The molecule has 0 saturated heterocycles. The molecule has 0 bridgehead atoms. The molecule has 1 N–H and O–H groups in total. The fourth-order valence-electron chi connectivity index (χ4n) is 1.71. The van der Waals surface area contributed by atoms with E-state index in [1.807, 2.05) is 18.4 Å². The van der Waals surface area contributed by atoms with Gasteiger partial charge in [0, 0.05) is 16.6 Å². The van der Waals surface area contributed by atoms with Crippen molar-refractivity contribution in [2.24, 2.45) is 0 Å². The fourth-order valence-corrected chi connectivity index (χ4v) is 2.40. The minimum atomic E-state index is -0.619. The van der Waals surface area contributed by atoms with Gasteiger partial charge in [-0.3, -0.25) is 14.9 Å². The molecule has 0 atom stereocenters. The summed E-state index contributed by atoms with van der Waals surface area (Å²) in [6.45, 7) is 0. The molecule has 7 heteroatoms. The minimum absolute atomic E-state index is 0.0693. The van der Waals surface area contributed by atoms with Crippen LogP contribution >= 0.6 is 23.4 Å². The third-order valence-corrected chi connectivity index (χ3v) is 3.91. The maximum atomic E-state index is 12.1. The number of benzene rings is 2. The molecule has 0 heterocycles. The molecule has 0 spiro atoms.